The zero-order valence-corrected chi connectivity index (χ0v) is 27.4. The molecule has 10 heteroatoms. The number of alkyl carbamates (subject to hydrolysis) is 1. The van der Waals surface area contributed by atoms with Crippen LogP contribution in [0.15, 0.2) is 42.5 Å². The van der Waals surface area contributed by atoms with Crippen molar-refractivity contribution in [3.8, 4) is 5.88 Å². The molecule has 3 amide bonds. The van der Waals surface area contributed by atoms with Crippen molar-refractivity contribution in [3.05, 3.63) is 42.5 Å². The molecule has 244 valence electrons. The lowest BCUT2D eigenvalue weighted by molar-refractivity contribution is -0.141. The fourth-order valence-corrected chi connectivity index (χ4v) is 6.73. The first-order chi connectivity index (χ1) is 21.3. The highest BCUT2D eigenvalue weighted by Crippen LogP contribution is 2.46. The van der Waals surface area contributed by atoms with E-state index in [0.717, 1.165) is 36.6 Å². The lowest BCUT2D eigenvalue weighted by atomic mass is 10.0. The fraction of sp³-hybridized carbons (Fsp3) is 0.600. The highest BCUT2D eigenvalue weighted by molar-refractivity contribution is 5.98. The summed E-state index contributed by atoms with van der Waals surface area (Å²) in [6, 6.07) is 8.43. The van der Waals surface area contributed by atoms with Crippen molar-refractivity contribution in [2.75, 3.05) is 6.54 Å². The van der Waals surface area contributed by atoms with Crippen LogP contribution in [-0.4, -0.2) is 69.0 Å². The standard InChI is InChI=1S/C35H48N4O6/c1-22(2)39-28-17-13-12-14-24(28)18-30(39)44-26-19-29-31(41)37-35(23(3)40)20-25(35)15-10-8-7-9-11-16-27(32(42)38(29)21-26)36-33(43)45-34(4,5)6/h10,12-15,17-18,22,25-27,29H,7-9,11,16,19-21H2,1-6H3,(H,36,43)(H,37,41)/b15-10-/t25-,26-,27+,29+,35+/m1/s1. The van der Waals surface area contributed by atoms with Crippen molar-refractivity contribution in [2.24, 2.45) is 5.92 Å². The molecule has 2 fully saturated rings. The van der Waals surface area contributed by atoms with Gasteiger partial charge in [0.1, 0.15) is 29.3 Å². The van der Waals surface area contributed by atoms with Gasteiger partial charge >= 0.3 is 6.09 Å². The van der Waals surface area contributed by atoms with E-state index < -0.39 is 35.4 Å². The second kappa shape index (κ2) is 12.9. The van der Waals surface area contributed by atoms with Crippen LogP contribution in [-0.2, 0) is 19.1 Å². The molecular formula is C35H48N4O6. The van der Waals surface area contributed by atoms with Gasteiger partial charge in [0, 0.05) is 29.8 Å². The second-order valence-electron chi connectivity index (χ2n) is 14.1. The average Bonchev–Trinajstić information content (AvgIpc) is 3.29. The van der Waals surface area contributed by atoms with E-state index in [-0.39, 0.29) is 42.5 Å². The van der Waals surface area contributed by atoms with E-state index >= 15 is 0 Å². The second-order valence-corrected chi connectivity index (χ2v) is 14.1. The van der Waals surface area contributed by atoms with Crippen molar-refractivity contribution in [2.45, 2.75) is 122 Å². The average molecular weight is 621 g/mol. The summed E-state index contributed by atoms with van der Waals surface area (Å²) in [5.74, 6) is -0.221. The number of nitrogens with zero attached hydrogens (tertiary/aromatic N) is 2. The van der Waals surface area contributed by atoms with Crippen LogP contribution >= 0.6 is 0 Å². The lowest BCUT2D eigenvalue weighted by Crippen LogP contribution is -2.56. The van der Waals surface area contributed by atoms with Gasteiger partial charge in [-0.1, -0.05) is 43.2 Å². The summed E-state index contributed by atoms with van der Waals surface area (Å²) in [7, 11) is 0. The van der Waals surface area contributed by atoms with E-state index in [4.69, 9.17) is 9.47 Å². The molecule has 1 aromatic carbocycles. The molecule has 0 radical (unpaired) electrons. The number of fused-ring (bicyclic) bond motifs is 3. The third-order valence-electron chi connectivity index (χ3n) is 9.08. The van der Waals surface area contributed by atoms with Crippen LogP contribution in [0, 0.1) is 5.92 Å². The van der Waals surface area contributed by atoms with E-state index in [2.05, 4.69) is 35.1 Å². The summed E-state index contributed by atoms with van der Waals surface area (Å²) >= 11 is 0. The van der Waals surface area contributed by atoms with E-state index in [1.54, 1.807) is 20.8 Å². The predicted molar refractivity (Wildman–Crippen MR) is 172 cm³/mol. The molecule has 3 aliphatic rings. The van der Waals surface area contributed by atoms with Gasteiger partial charge in [0.2, 0.25) is 11.8 Å². The van der Waals surface area contributed by atoms with Gasteiger partial charge in [-0.2, -0.15) is 0 Å². The van der Waals surface area contributed by atoms with Gasteiger partial charge in [0.25, 0.3) is 0 Å². The maximum atomic E-state index is 14.3. The summed E-state index contributed by atoms with van der Waals surface area (Å²) < 4.78 is 14.2. The molecule has 5 atom stereocenters. The molecule has 3 heterocycles. The normalized spacial score (nSPS) is 28.4. The minimum Gasteiger partial charge on any atom is -0.473 e. The highest BCUT2D eigenvalue weighted by atomic mass is 16.6. The number of carbonyl (C=O) groups excluding carboxylic acids is 4. The van der Waals surface area contributed by atoms with Crippen LogP contribution in [0.2, 0.25) is 0 Å². The Balaban J connectivity index is 1.45. The molecule has 1 saturated heterocycles. The Morgan fingerprint density at radius 1 is 1.11 bits per heavy atom. The third-order valence-corrected chi connectivity index (χ3v) is 9.08. The van der Waals surface area contributed by atoms with Gasteiger partial charge in [-0.3, -0.25) is 14.4 Å². The van der Waals surface area contributed by atoms with Gasteiger partial charge in [-0.05, 0) is 73.3 Å². The number of para-hydroxylation sites is 1. The number of rotatable bonds is 5. The molecular weight excluding hydrogens is 572 g/mol. The number of benzene rings is 1. The van der Waals surface area contributed by atoms with Crippen LogP contribution in [0.4, 0.5) is 4.79 Å². The van der Waals surface area contributed by atoms with Crippen LogP contribution in [0.3, 0.4) is 0 Å². The first-order valence-electron chi connectivity index (χ1n) is 16.4. The Morgan fingerprint density at radius 3 is 2.58 bits per heavy atom. The van der Waals surface area contributed by atoms with Gasteiger partial charge < -0.3 is 29.6 Å². The molecule has 5 rings (SSSR count). The van der Waals surface area contributed by atoms with E-state index in [0.29, 0.717) is 18.7 Å². The zero-order chi connectivity index (χ0) is 32.5. The number of allylic oxidation sites excluding steroid dienone is 1. The molecule has 1 aromatic heterocycles. The maximum absolute atomic E-state index is 14.3. The predicted octanol–water partition coefficient (Wildman–Crippen LogP) is 5.45. The topological polar surface area (TPSA) is 119 Å². The monoisotopic (exact) mass is 620 g/mol. The van der Waals surface area contributed by atoms with Crippen LogP contribution in [0.5, 0.6) is 5.88 Å². The van der Waals surface area contributed by atoms with Crippen molar-refractivity contribution < 1.29 is 28.7 Å². The van der Waals surface area contributed by atoms with Crippen molar-refractivity contribution in [3.63, 3.8) is 0 Å². The molecule has 10 nitrogen and oxygen atoms in total. The van der Waals surface area contributed by atoms with Crippen molar-refractivity contribution >= 4 is 34.6 Å². The number of aromatic nitrogens is 1. The number of nitrogens with one attached hydrogen (secondary N) is 2. The number of amides is 3. The Hall–Kier alpha value is -3.82. The minimum absolute atomic E-state index is 0.0648. The van der Waals surface area contributed by atoms with E-state index in [1.807, 2.05) is 36.4 Å². The lowest BCUT2D eigenvalue weighted by Gasteiger charge is -2.30. The van der Waals surface area contributed by atoms with Gasteiger partial charge in [0.15, 0.2) is 11.7 Å². The highest BCUT2D eigenvalue weighted by Gasteiger charge is 2.59. The largest absolute Gasteiger partial charge is 0.473 e. The maximum Gasteiger partial charge on any atom is 0.408 e. The molecule has 0 unspecified atom stereocenters. The molecule has 0 bridgehead atoms. The number of ether oxygens (including phenoxy) is 2. The number of Topliss-reactive ketones (excluding diaryl/α,β-unsaturated/α-hetero) is 1. The summed E-state index contributed by atoms with van der Waals surface area (Å²) in [6.07, 6.45) is 7.55. The minimum atomic E-state index is -0.959. The Morgan fingerprint density at radius 2 is 1.87 bits per heavy atom. The first-order valence-corrected chi connectivity index (χ1v) is 16.4. The quantitative estimate of drug-likeness (QED) is 0.430. The molecule has 2 aromatic rings. The molecule has 1 aliphatic carbocycles. The van der Waals surface area contributed by atoms with Crippen LogP contribution in [0.1, 0.15) is 92.5 Å². The fourth-order valence-electron chi connectivity index (χ4n) is 6.73. The molecule has 1 saturated carbocycles. The number of ketones is 1. The Bertz CT molecular complexity index is 1470. The summed E-state index contributed by atoms with van der Waals surface area (Å²) in [6.45, 7) is 11.2. The summed E-state index contributed by atoms with van der Waals surface area (Å²) in [4.78, 5) is 55.5. The van der Waals surface area contributed by atoms with Crippen LogP contribution < -0.4 is 15.4 Å². The van der Waals surface area contributed by atoms with E-state index in [9.17, 15) is 19.2 Å². The summed E-state index contributed by atoms with van der Waals surface area (Å²) in [5.41, 5.74) is -0.646. The zero-order valence-electron chi connectivity index (χ0n) is 27.4. The van der Waals surface area contributed by atoms with Crippen molar-refractivity contribution in [1.82, 2.24) is 20.1 Å². The first kappa shape index (κ1) is 32.6. The number of hydrogen-bond donors (Lipinski definition) is 2. The smallest absolute Gasteiger partial charge is 0.408 e. The number of carbonyl (C=O) groups is 4. The van der Waals surface area contributed by atoms with Crippen molar-refractivity contribution in [1.29, 1.82) is 0 Å². The molecule has 2 N–H and O–H groups in total. The SMILES string of the molecule is CC(=O)[C@@]12C[C@H]1/C=C\CCCCC[C@H](NC(=O)OC(C)(C)C)C(=O)N1C[C@H](Oc3cc4ccccc4n3C(C)C)C[C@H]1C(=O)N2. The van der Waals surface area contributed by atoms with Gasteiger partial charge in [0.05, 0.1) is 12.1 Å². The molecule has 45 heavy (non-hydrogen) atoms. The number of hydrogen-bond acceptors (Lipinski definition) is 6. The third kappa shape index (κ3) is 7.20. The Kier molecular flexibility index (Phi) is 9.33. The molecule has 2 aliphatic heterocycles. The van der Waals surface area contributed by atoms with E-state index in [1.165, 1.54) is 11.8 Å². The Labute approximate surface area is 265 Å². The summed E-state index contributed by atoms with van der Waals surface area (Å²) in [5, 5.41) is 6.88. The van der Waals surface area contributed by atoms with Gasteiger partial charge in [-0.25, -0.2) is 4.79 Å². The van der Waals surface area contributed by atoms with Gasteiger partial charge in [-0.15, -0.1) is 0 Å². The molecule has 0 spiro atoms. The van der Waals surface area contributed by atoms with Crippen LogP contribution in [0.25, 0.3) is 10.9 Å².